The molecule has 0 N–H and O–H groups in total. The van der Waals surface area contributed by atoms with Crippen molar-refractivity contribution in [1.29, 1.82) is 0 Å². The predicted octanol–water partition coefficient (Wildman–Crippen LogP) is 4.06. The van der Waals surface area contributed by atoms with Crippen LogP contribution in [-0.2, 0) is 17.9 Å². The lowest BCUT2D eigenvalue weighted by Gasteiger charge is -2.27. The SMILES string of the molecule is CCC(CC)C(=O)N(Cc1ccncc1)Cc1ccc(OC)c(OC)c1. The van der Waals surface area contributed by atoms with Crippen LogP contribution in [0.1, 0.15) is 37.8 Å². The first kappa shape index (κ1) is 19.8. The Kier molecular flexibility index (Phi) is 7.45. The molecule has 0 saturated heterocycles. The fraction of sp³-hybridized carbons (Fsp3) is 0.429. The number of hydrogen-bond acceptors (Lipinski definition) is 4. The largest absolute Gasteiger partial charge is 0.493 e. The van der Waals surface area contributed by atoms with Crippen LogP contribution in [0.15, 0.2) is 42.7 Å². The smallest absolute Gasteiger partial charge is 0.226 e. The van der Waals surface area contributed by atoms with Crippen molar-refractivity contribution >= 4 is 5.91 Å². The van der Waals surface area contributed by atoms with Gasteiger partial charge >= 0.3 is 0 Å². The monoisotopic (exact) mass is 356 g/mol. The molecule has 26 heavy (non-hydrogen) atoms. The van der Waals surface area contributed by atoms with Crippen LogP contribution in [0.2, 0.25) is 0 Å². The summed E-state index contributed by atoms with van der Waals surface area (Å²) in [5.41, 5.74) is 2.08. The molecule has 1 amide bonds. The van der Waals surface area contributed by atoms with Gasteiger partial charge in [-0.3, -0.25) is 9.78 Å². The zero-order valence-corrected chi connectivity index (χ0v) is 16.1. The van der Waals surface area contributed by atoms with E-state index < -0.39 is 0 Å². The lowest BCUT2D eigenvalue weighted by Crippen LogP contribution is -2.35. The molecule has 0 unspecified atom stereocenters. The van der Waals surface area contributed by atoms with Crippen molar-refractivity contribution in [1.82, 2.24) is 9.88 Å². The highest BCUT2D eigenvalue weighted by Gasteiger charge is 2.22. The van der Waals surface area contributed by atoms with E-state index >= 15 is 0 Å². The second-order valence-corrected chi connectivity index (χ2v) is 6.25. The lowest BCUT2D eigenvalue weighted by molar-refractivity contribution is -0.137. The number of methoxy groups -OCH3 is 2. The third kappa shape index (κ3) is 4.97. The standard InChI is InChI=1S/C21H28N2O3/c1-5-18(6-2)21(24)23(14-16-9-11-22-12-10-16)15-17-7-8-19(25-3)20(13-17)26-4/h7-13,18H,5-6,14-15H2,1-4H3. The Hall–Kier alpha value is -2.56. The molecule has 0 aliphatic heterocycles. The van der Waals surface area contributed by atoms with Crippen LogP contribution in [-0.4, -0.2) is 30.0 Å². The quantitative estimate of drug-likeness (QED) is 0.680. The Bertz CT molecular complexity index is 700. The van der Waals surface area contributed by atoms with Gasteiger partial charge in [0.15, 0.2) is 11.5 Å². The van der Waals surface area contributed by atoms with Crippen LogP contribution in [0.4, 0.5) is 0 Å². The molecule has 0 fully saturated rings. The average Bonchev–Trinajstić information content (AvgIpc) is 2.69. The van der Waals surface area contributed by atoms with Gasteiger partial charge in [-0.2, -0.15) is 0 Å². The van der Waals surface area contributed by atoms with E-state index in [0.717, 1.165) is 24.0 Å². The van der Waals surface area contributed by atoms with E-state index in [0.29, 0.717) is 24.6 Å². The van der Waals surface area contributed by atoms with Gasteiger partial charge < -0.3 is 14.4 Å². The van der Waals surface area contributed by atoms with Gasteiger partial charge in [0.1, 0.15) is 0 Å². The normalized spacial score (nSPS) is 10.7. The maximum absolute atomic E-state index is 13.0. The van der Waals surface area contributed by atoms with Crippen molar-refractivity contribution in [3.05, 3.63) is 53.9 Å². The Morgan fingerprint density at radius 2 is 1.58 bits per heavy atom. The second kappa shape index (κ2) is 9.80. The van der Waals surface area contributed by atoms with Gasteiger partial charge in [-0.25, -0.2) is 0 Å². The summed E-state index contributed by atoms with van der Waals surface area (Å²) in [6, 6.07) is 9.67. The molecule has 0 saturated carbocycles. The van der Waals surface area contributed by atoms with Gasteiger partial charge in [-0.05, 0) is 48.2 Å². The molecule has 0 bridgehead atoms. The van der Waals surface area contributed by atoms with Crippen LogP contribution in [0, 0.1) is 5.92 Å². The summed E-state index contributed by atoms with van der Waals surface area (Å²) >= 11 is 0. The number of amides is 1. The maximum Gasteiger partial charge on any atom is 0.226 e. The van der Waals surface area contributed by atoms with E-state index in [1.54, 1.807) is 26.6 Å². The molecule has 0 aliphatic rings. The van der Waals surface area contributed by atoms with Gasteiger partial charge in [0.2, 0.25) is 5.91 Å². The highest BCUT2D eigenvalue weighted by atomic mass is 16.5. The van der Waals surface area contributed by atoms with Crippen molar-refractivity contribution in [2.75, 3.05) is 14.2 Å². The molecule has 1 aromatic heterocycles. The molecule has 1 heterocycles. The maximum atomic E-state index is 13.0. The van der Waals surface area contributed by atoms with Crippen molar-refractivity contribution in [2.24, 2.45) is 5.92 Å². The van der Waals surface area contributed by atoms with Crippen LogP contribution in [0.25, 0.3) is 0 Å². The van der Waals surface area contributed by atoms with Crippen LogP contribution >= 0.6 is 0 Å². The number of aromatic nitrogens is 1. The second-order valence-electron chi connectivity index (χ2n) is 6.25. The summed E-state index contributed by atoms with van der Waals surface area (Å²) in [6.45, 7) is 5.21. The molecule has 0 aliphatic carbocycles. The molecule has 0 atom stereocenters. The molecule has 140 valence electrons. The number of carbonyl (C=O) groups is 1. The molecular weight excluding hydrogens is 328 g/mol. The third-order valence-electron chi connectivity index (χ3n) is 4.59. The molecular formula is C21H28N2O3. The summed E-state index contributed by atoms with van der Waals surface area (Å²) < 4.78 is 10.7. The summed E-state index contributed by atoms with van der Waals surface area (Å²) in [7, 11) is 3.23. The highest BCUT2D eigenvalue weighted by molar-refractivity contribution is 5.78. The van der Waals surface area contributed by atoms with Gasteiger partial charge in [-0.15, -0.1) is 0 Å². The summed E-state index contributed by atoms with van der Waals surface area (Å²) in [4.78, 5) is 19.0. The molecule has 0 spiro atoms. The Balaban J connectivity index is 2.27. The minimum absolute atomic E-state index is 0.0389. The fourth-order valence-corrected chi connectivity index (χ4v) is 3.02. The van der Waals surface area contributed by atoms with Crippen molar-refractivity contribution in [3.63, 3.8) is 0 Å². The number of benzene rings is 1. The fourth-order valence-electron chi connectivity index (χ4n) is 3.02. The zero-order valence-electron chi connectivity index (χ0n) is 16.1. The summed E-state index contributed by atoms with van der Waals surface area (Å²) in [5, 5.41) is 0. The third-order valence-corrected chi connectivity index (χ3v) is 4.59. The van der Waals surface area contributed by atoms with Crippen LogP contribution < -0.4 is 9.47 Å². The van der Waals surface area contributed by atoms with E-state index in [1.807, 2.05) is 35.2 Å². The molecule has 5 nitrogen and oxygen atoms in total. The first-order valence-electron chi connectivity index (χ1n) is 9.01. The molecule has 5 heteroatoms. The topological polar surface area (TPSA) is 51.7 Å². The molecule has 2 rings (SSSR count). The van der Waals surface area contributed by atoms with E-state index in [2.05, 4.69) is 18.8 Å². The highest BCUT2D eigenvalue weighted by Crippen LogP contribution is 2.28. The van der Waals surface area contributed by atoms with Gasteiger partial charge in [0, 0.05) is 31.4 Å². The number of nitrogens with zero attached hydrogens (tertiary/aromatic N) is 2. The Labute approximate surface area is 156 Å². The molecule has 0 radical (unpaired) electrons. The van der Waals surface area contributed by atoms with E-state index in [-0.39, 0.29) is 11.8 Å². The van der Waals surface area contributed by atoms with E-state index in [9.17, 15) is 4.79 Å². The van der Waals surface area contributed by atoms with E-state index in [1.165, 1.54) is 0 Å². The van der Waals surface area contributed by atoms with Crippen molar-refractivity contribution < 1.29 is 14.3 Å². The van der Waals surface area contributed by atoms with Gasteiger partial charge in [0.05, 0.1) is 14.2 Å². The molecule has 2 aromatic rings. The molecule has 1 aromatic carbocycles. The number of ether oxygens (including phenoxy) is 2. The number of hydrogen-bond donors (Lipinski definition) is 0. The zero-order chi connectivity index (χ0) is 18.9. The number of pyridine rings is 1. The summed E-state index contributed by atoms with van der Waals surface area (Å²) in [5.74, 6) is 1.57. The van der Waals surface area contributed by atoms with Crippen LogP contribution in [0.3, 0.4) is 0 Å². The van der Waals surface area contributed by atoms with Gasteiger partial charge in [-0.1, -0.05) is 19.9 Å². The number of carbonyl (C=O) groups excluding carboxylic acids is 1. The van der Waals surface area contributed by atoms with Gasteiger partial charge in [0.25, 0.3) is 0 Å². The van der Waals surface area contributed by atoms with Crippen molar-refractivity contribution in [2.45, 2.75) is 39.8 Å². The lowest BCUT2D eigenvalue weighted by atomic mass is 10.0. The number of rotatable bonds is 9. The Morgan fingerprint density at radius 3 is 2.15 bits per heavy atom. The minimum atomic E-state index is 0.0389. The Morgan fingerprint density at radius 1 is 0.962 bits per heavy atom. The average molecular weight is 356 g/mol. The van der Waals surface area contributed by atoms with Crippen molar-refractivity contribution in [3.8, 4) is 11.5 Å². The van der Waals surface area contributed by atoms with Crippen LogP contribution in [0.5, 0.6) is 11.5 Å². The van der Waals surface area contributed by atoms with E-state index in [4.69, 9.17) is 9.47 Å². The first-order valence-corrected chi connectivity index (χ1v) is 9.01. The first-order chi connectivity index (χ1) is 12.6. The predicted molar refractivity (Wildman–Crippen MR) is 102 cm³/mol. The summed E-state index contributed by atoms with van der Waals surface area (Å²) in [6.07, 6.45) is 5.19. The minimum Gasteiger partial charge on any atom is -0.493 e.